The van der Waals surface area contributed by atoms with Crippen molar-refractivity contribution in [3.8, 4) is 0 Å². The average molecular weight is 247 g/mol. The molecule has 2 aromatic heterocycles. The molecule has 0 aliphatic carbocycles. The molecule has 0 spiro atoms. The first-order chi connectivity index (χ1) is 8.29. The zero-order valence-electron chi connectivity index (χ0n) is 10.2. The van der Waals surface area contributed by atoms with Crippen molar-refractivity contribution in [3.05, 3.63) is 46.2 Å². The van der Waals surface area contributed by atoms with Crippen LogP contribution in [0.3, 0.4) is 0 Å². The molecular formula is C13H17N3S. The lowest BCUT2D eigenvalue weighted by Crippen LogP contribution is -2.17. The lowest BCUT2D eigenvalue weighted by molar-refractivity contribution is 0.571. The molecule has 1 unspecified atom stereocenters. The molecular weight excluding hydrogens is 230 g/mol. The average Bonchev–Trinajstić information content (AvgIpc) is 2.85. The van der Waals surface area contributed by atoms with Gasteiger partial charge in [-0.1, -0.05) is 13.0 Å². The predicted molar refractivity (Wildman–Crippen MR) is 71.0 cm³/mol. The van der Waals surface area contributed by atoms with Crippen molar-refractivity contribution in [1.29, 1.82) is 0 Å². The second-order valence-corrected chi connectivity index (χ2v) is 5.16. The Hall–Kier alpha value is -1.26. The molecule has 0 saturated heterocycles. The van der Waals surface area contributed by atoms with Crippen molar-refractivity contribution in [2.45, 2.75) is 32.9 Å². The van der Waals surface area contributed by atoms with Gasteiger partial charge in [0.25, 0.3) is 0 Å². The fourth-order valence-electron chi connectivity index (χ4n) is 1.58. The lowest BCUT2D eigenvalue weighted by atomic mass is 10.1. The predicted octanol–water partition coefficient (Wildman–Crippen LogP) is 2.95. The minimum Gasteiger partial charge on any atom is -0.304 e. The van der Waals surface area contributed by atoms with Crippen LogP contribution in [0.15, 0.2) is 30.7 Å². The Labute approximate surface area is 106 Å². The summed E-state index contributed by atoms with van der Waals surface area (Å²) in [7, 11) is 0. The van der Waals surface area contributed by atoms with Crippen molar-refractivity contribution in [1.82, 2.24) is 15.3 Å². The van der Waals surface area contributed by atoms with Gasteiger partial charge in [0.1, 0.15) is 5.01 Å². The number of nitrogens with one attached hydrogen (secondary N) is 1. The molecule has 0 aliphatic heterocycles. The van der Waals surface area contributed by atoms with Crippen molar-refractivity contribution < 1.29 is 0 Å². The Bertz CT molecular complexity index is 453. The summed E-state index contributed by atoms with van der Waals surface area (Å²) in [6, 6.07) is 4.36. The highest BCUT2D eigenvalue weighted by molar-refractivity contribution is 7.11. The zero-order chi connectivity index (χ0) is 12.1. The van der Waals surface area contributed by atoms with Gasteiger partial charge in [-0.2, -0.15) is 0 Å². The van der Waals surface area contributed by atoms with Crippen LogP contribution >= 0.6 is 11.3 Å². The van der Waals surface area contributed by atoms with Crippen LogP contribution in [0.4, 0.5) is 0 Å². The van der Waals surface area contributed by atoms with E-state index in [2.05, 4.69) is 35.2 Å². The summed E-state index contributed by atoms with van der Waals surface area (Å²) >= 11 is 1.78. The summed E-state index contributed by atoms with van der Waals surface area (Å²) < 4.78 is 0. The maximum atomic E-state index is 4.39. The number of aromatic nitrogens is 2. The summed E-state index contributed by atoms with van der Waals surface area (Å²) in [5.41, 5.74) is 1.21. The first-order valence-corrected chi connectivity index (χ1v) is 6.68. The van der Waals surface area contributed by atoms with Crippen LogP contribution in [0.2, 0.25) is 0 Å². The number of thiazole rings is 1. The van der Waals surface area contributed by atoms with Crippen LogP contribution in [0, 0.1) is 0 Å². The van der Waals surface area contributed by atoms with Gasteiger partial charge in [-0.25, -0.2) is 4.98 Å². The van der Waals surface area contributed by atoms with Gasteiger partial charge in [0.05, 0.1) is 0 Å². The molecule has 1 atom stereocenters. The van der Waals surface area contributed by atoms with Crippen molar-refractivity contribution in [3.63, 3.8) is 0 Å². The summed E-state index contributed by atoms with van der Waals surface area (Å²) in [5.74, 6) is 0. The lowest BCUT2D eigenvalue weighted by Gasteiger charge is -2.12. The fraction of sp³-hybridized carbons (Fsp3) is 0.385. The van der Waals surface area contributed by atoms with Crippen LogP contribution in [0.5, 0.6) is 0 Å². The van der Waals surface area contributed by atoms with Gasteiger partial charge < -0.3 is 5.32 Å². The number of hydrogen-bond acceptors (Lipinski definition) is 4. The molecule has 4 heteroatoms. The smallest absolute Gasteiger partial charge is 0.107 e. The van der Waals surface area contributed by atoms with Crippen LogP contribution in [0.1, 0.15) is 35.3 Å². The topological polar surface area (TPSA) is 37.8 Å². The molecule has 0 radical (unpaired) electrons. The molecule has 0 fully saturated rings. The van der Waals surface area contributed by atoms with E-state index < -0.39 is 0 Å². The van der Waals surface area contributed by atoms with Gasteiger partial charge in [-0.3, -0.25) is 4.98 Å². The number of aryl methyl sites for hydroxylation is 1. The van der Waals surface area contributed by atoms with Crippen molar-refractivity contribution >= 4 is 11.3 Å². The van der Waals surface area contributed by atoms with E-state index in [9.17, 15) is 0 Å². The molecule has 2 rings (SSSR count). The van der Waals surface area contributed by atoms with E-state index in [1.165, 1.54) is 10.4 Å². The highest BCUT2D eigenvalue weighted by atomic mass is 32.1. The first kappa shape index (κ1) is 12.2. The summed E-state index contributed by atoms with van der Waals surface area (Å²) in [6.45, 7) is 5.12. The largest absolute Gasteiger partial charge is 0.304 e. The summed E-state index contributed by atoms with van der Waals surface area (Å²) in [5, 5.41) is 4.61. The summed E-state index contributed by atoms with van der Waals surface area (Å²) in [6.07, 6.45) is 6.73. The number of pyridine rings is 1. The van der Waals surface area contributed by atoms with E-state index in [1.54, 1.807) is 17.5 Å². The Morgan fingerprint density at radius 2 is 2.29 bits per heavy atom. The third-order valence-corrected chi connectivity index (χ3v) is 3.84. The minimum atomic E-state index is 0.303. The maximum absolute atomic E-state index is 4.39. The van der Waals surface area contributed by atoms with Crippen LogP contribution in [-0.4, -0.2) is 9.97 Å². The highest BCUT2D eigenvalue weighted by Crippen LogP contribution is 2.15. The Morgan fingerprint density at radius 3 is 2.94 bits per heavy atom. The molecule has 0 saturated carbocycles. The van der Waals surface area contributed by atoms with Crippen LogP contribution < -0.4 is 5.32 Å². The molecule has 2 heterocycles. The van der Waals surface area contributed by atoms with Gasteiger partial charge in [-0.05, 0) is 25.0 Å². The van der Waals surface area contributed by atoms with Gasteiger partial charge in [0.15, 0.2) is 0 Å². The van der Waals surface area contributed by atoms with Crippen LogP contribution in [0.25, 0.3) is 0 Å². The van der Waals surface area contributed by atoms with Crippen molar-refractivity contribution in [2.24, 2.45) is 0 Å². The molecule has 0 bridgehead atoms. The monoisotopic (exact) mass is 247 g/mol. The Kier molecular flexibility index (Phi) is 4.23. The van der Waals surface area contributed by atoms with Gasteiger partial charge in [0, 0.05) is 36.1 Å². The second-order valence-electron chi connectivity index (χ2n) is 3.96. The molecule has 2 aromatic rings. The van der Waals surface area contributed by atoms with Gasteiger partial charge in [-0.15, -0.1) is 11.3 Å². The highest BCUT2D eigenvalue weighted by Gasteiger charge is 2.06. The van der Waals surface area contributed by atoms with E-state index in [-0.39, 0.29) is 0 Å². The molecule has 90 valence electrons. The zero-order valence-corrected chi connectivity index (χ0v) is 11.0. The molecule has 17 heavy (non-hydrogen) atoms. The van der Waals surface area contributed by atoms with E-state index in [0.717, 1.165) is 18.0 Å². The maximum Gasteiger partial charge on any atom is 0.107 e. The first-order valence-electron chi connectivity index (χ1n) is 5.86. The molecule has 0 amide bonds. The van der Waals surface area contributed by atoms with E-state index in [4.69, 9.17) is 0 Å². The summed E-state index contributed by atoms with van der Waals surface area (Å²) in [4.78, 5) is 9.86. The Morgan fingerprint density at radius 1 is 1.41 bits per heavy atom. The number of nitrogens with zero attached hydrogens (tertiary/aromatic N) is 2. The third kappa shape index (κ3) is 3.35. The molecule has 0 aromatic carbocycles. The molecule has 1 N–H and O–H groups in total. The Balaban J connectivity index is 1.90. The van der Waals surface area contributed by atoms with E-state index >= 15 is 0 Å². The van der Waals surface area contributed by atoms with Crippen molar-refractivity contribution in [2.75, 3.05) is 0 Å². The fourth-order valence-corrected chi connectivity index (χ4v) is 2.40. The van der Waals surface area contributed by atoms with E-state index in [0.29, 0.717) is 6.04 Å². The standard InChI is InChI=1S/C13H17N3S/c1-3-12-8-16-13(17-12)9-15-10(2)11-5-4-6-14-7-11/h4-8,10,15H,3,9H2,1-2H3. The molecule has 3 nitrogen and oxygen atoms in total. The quantitative estimate of drug-likeness (QED) is 0.882. The number of rotatable bonds is 5. The SMILES string of the molecule is CCc1cnc(CNC(C)c2cccnc2)s1. The normalized spacial score (nSPS) is 12.6. The minimum absolute atomic E-state index is 0.303. The van der Waals surface area contributed by atoms with Crippen LogP contribution in [-0.2, 0) is 13.0 Å². The van der Waals surface area contributed by atoms with Gasteiger partial charge >= 0.3 is 0 Å². The number of hydrogen-bond donors (Lipinski definition) is 1. The third-order valence-electron chi connectivity index (χ3n) is 2.69. The molecule has 0 aliphatic rings. The second kappa shape index (κ2) is 5.89. The van der Waals surface area contributed by atoms with Gasteiger partial charge in [0.2, 0.25) is 0 Å². The van der Waals surface area contributed by atoms with E-state index in [1.807, 2.05) is 18.5 Å².